The van der Waals surface area contributed by atoms with Crippen molar-refractivity contribution in [1.29, 1.82) is 0 Å². The fourth-order valence-corrected chi connectivity index (χ4v) is 5.09. The third-order valence-electron chi connectivity index (χ3n) is 6.44. The van der Waals surface area contributed by atoms with Gasteiger partial charge in [0.1, 0.15) is 0 Å². The topological polar surface area (TPSA) is 70.7 Å². The zero-order chi connectivity index (χ0) is 18.5. The molecule has 1 amide bonds. The molecule has 3 atom stereocenters. The Morgan fingerprint density at radius 3 is 2.81 bits per heavy atom. The summed E-state index contributed by atoms with van der Waals surface area (Å²) in [5, 5.41) is 11.2. The minimum atomic E-state index is 0.0350. The molecule has 5 nitrogen and oxygen atoms in total. The predicted molar refractivity (Wildman–Crippen MR) is 106 cm³/mol. The van der Waals surface area contributed by atoms with Gasteiger partial charge in [0.25, 0.3) is 5.91 Å². The van der Waals surface area contributed by atoms with E-state index in [0.29, 0.717) is 12.0 Å². The predicted octanol–water partition coefficient (Wildman–Crippen LogP) is 4.16. The molecule has 3 aromatic rings. The summed E-state index contributed by atoms with van der Waals surface area (Å²) in [6.07, 6.45) is 8.58. The van der Waals surface area contributed by atoms with E-state index in [9.17, 15) is 4.79 Å². The summed E-state index contributed by atoms with van der Waals surface area (Å²) in [6, 6.07) is 6.44. The number of benzene rings is 1. The lowest BCUT2D eigenvalue weighted by Gasteiger charge is -2.24. The van der Waals surface area contributed by atoms with Crippen LogP contribution in [0, 0.1) is 25.7 Å². The van der Waals surface area contributed by atoms with Crippen LogP contribution >= 0.6 is 0 Å². The number of H-pyrrole nitrogens is 1. The average molecular weight is 360 g/mol. The summed E-state index contributed by atoms with van der Waals surface area (Å²) in [5.41, 5.74) is 5.37. The molecule has 5 heteroatoms. The molecule has 0 aliphatic heterocycles. The van der Waals surface area contributed by atoms with Crippen LogP contribution in [0.25, 0.3) is 22.2 Å². The lowest BCUT2D eigenvalue weighted by atomic mass is 9.93. The van der Waals surface area contributed by atoms with Crippen LogP contribution in [0.1, 0.15) is 47.2 Å². The summed E-state index contributed by atoms with van der Waals surface area (Å²) in [5.74, 6) is 1.49. The molecule has 138 valence electrons. The SMILES string of the molecule is Cc1ccc2nc(-c3cn[nH]c3)c(C)c(C(=O)N[C@@H]3C[C@@H]4CC[C@H]3C4)c2c1. The van der Waals surface area contributed by atoms with E-state index in [-0.39, 0.29) is 5.91 Å². The van der Waals surface area contributed by atoms with E-state index in [0.717, 1.165) is 51.2 Å². The van der Waals surface area contributed by atoms with Crippen LogP contribution in [-0.2, 0) is 0 Å². The van der Waals surface area contributed by atoms with Gasteiger partial charge < -0.3 is 5.32 Å². The van der Waals surface area contributed by atoms with E-state index < -0.39 is 0 Å². The van der Waals surface area contributed by atoms with Gasteiger partial charge in [-0.3, -0.25) is 9.89 Å². The van der Waals surface area contributed by atoms with Gasteiger partial charge >= 0.3 is 0 Å². The third-order valence-corrected chi connectivity index (χ3v) is 6.44. The first-order chi connectivity index (χ1) is 13.1. The molecule has 2 heterocycles. The monoisotopic (exact) mass is 360 g/mol. The van der Waals surface area contributed by atoms with Gasteiger partial charge in [0.2, 0.25) is 0 Å². The van der Waals surface area contributed by atoms with Crippen LogP contribution in [0.4, 0.5) is 0 Å². The van der Waals surface area contributed by atoms with Gasteiger partial charge in [0.05, 0.1) is 23.0 Å². The third kappa shape index (κ3) is 2.73. The van der Waals surface area contributed by atoms with Gasteiger partial charge in [0, 0.05) is 23.2 Å². The van der Waals surface area contributed by atoms with Gasteiger partial charge in [-0.05, 0) is 62.6 Å². The molecule has 0 radical (unpaired) electrons. The van der Waals surface area contributed by atoms with Crippen molar-refractivity contribution >= 4 is 16.8 Å². The first-order valence-corrected chi connectivity index (χ1v) is 9.81. The normalized spacial score (nSPS) is 23.9. The molecule has 2 N–H and O–H groups in total. The van der Waals surface area contributed by atoms with Gasteiger partial charge in [-0.15, -0.1) is 0 Å². The Morgan fingerprint density at radius 1 is 1.22 bits per heavy atom. The number of nitrogens with one attached hydrogen (secondary N) is 2. The molecule has 1 aromatic carbocycles. The quantitative estimate of drug-likeness (QED) is 0.737. The van der Waals surface area contributed by atoms with Gasteiger partial charge in [-0.1, -0.05) is 18.1 Å². The lowest BCUT2D eigenvalue weighted by Crippen LogP contribution is -2.39. The number of carbonyl (C=O) groups excluding carboxylic acids is 1. The highest BCUT2D eigenvalue weighted by Crippen LogP contribution is 2.44. The van der Waals surface area contributed by atoms with Crippen molar-refractivity contribution in [3.05, 3.63) is 47.3 Å². The summed E-state index contributed by atoms with van der Waals surface area (Å²) >= 11 is 0. The second kappa shape index (κ2) is 6.19. The zero-order valence-corrected chi connectivity index (χ0v) is 15.7. The molecule has 2 aliphatic carbocycles. The highest BCUT2D eigenvalue weighted by Gasteiger charge is 2.40. The summed E-state index contributed by atoms with van der Waals surface area (Å²) in [7, 11) is 0. The fourth-order valence-electron chi connectivity index (χ4n) is 5.09. The van der Waals surface area contributed by atoms with Crippen LogP contribution in [0.15, 0.2) is 30.6 Å². The van der Waals surface area contributed by atoms with Crippen LogP contribution in [-0.4, -0.2) is 27.1 Å². The smallest absolute Gasteiger partial charge is 0.252 e. The molecule has 2 fully saturated rings. The fraction of sp³-hybridized carbons (Fsp3) is 0.409. The van der Waals surface area contributed by atoms with Crippen LogP contribution < -0.4 is 5.32 Å². The number of carbonyl (C=O) groups is 1. The number of pyridine rings is 1. The number of nitrogens with zero attached hydrogens (tertiary/aromatic N) is 2. The highest BCUT2D eigenvalue weighted by molar-refractivity contribution is 6.09. The standard InChI is InChI=1S/C22H24N4O/c1-12-3-6-18-17(7-12)20(13(2)21(25-18)16-10-23-24-11-16)22(27)26-19-9-14-4-5-15(19)8-14/h3,6-7,10-11,14-15,19H,4-5,8-9H2,1-2H3,(H,23,24)(H,26,27)/t14-,15+,19-/m1/s1. The van der Waals surface area contributed by atoms with Crippen LogP contribution in [0.2, 0.25) is 0 Å². The number of fused-ring (bicyclic) bond motifs is 3. The Bertz CT molecular complexity index is 1020. The first-order valence-electron chi connectivity index (χ1n) is 9.81. The van der Waals surface area contributed by atoms with Crippen molar-refractivity contribution < 1.29 is 4.79 Å². The maximum atomic E-state index is 13.4. The maximum Gasteiger partial charge on any atom is 0.252 e. The Hall–Kier alpha value is -2.69. The van der Waals surface area contributed by atoms with E-state index >= 15 is 0 Å². The van der Waals surface area contributed by atoms with Gasteiger partial charge in [0.15, 0.2) is 0 Å². The van der Waals surface area contributed by atoms with E-state index in [1.807, 2.05) is 25.3 Å². The molecule has 2 aliphatic rings. The second-order valence-electron chi connectivity index (χ2n) is 8.22. The second-order valence-corrected chi connectivity index (χ2v) is 8.22. The van der Waals surface area contributed by atoms with E-state index in [2.05, 4.69) is 28.5 Å². The van der Waals surface area contributed by atoms with Gasteiger partial charge in [-0.2, -0.15) is 5.10 Å². The molecule has 0 saturated heterocycles. The number of aromatic amines is 1. The Labute approximate surface area is 158 Å². The molecule has 5 rings (SSSR count). The average Bonchev–Trinajstić information content (AvgIpc) is 3.39. The minimum Gasteiger partial charge on any atom is -0.349 e. The van der Waals surface area contributed by atoms with E-state index in [1.54, 1.807) is 6.20 Å². The number of aryl methyl sites for hydroxylation is 1. The molecule has 2 saturated carbocycles. The summed E-state index contributed by atoms with van der Waals surface area (Å²) in [4.78, 5) is 18.2. The van der Waals surface area contributed by atoms with Crippen LogP contribution in [0.3, 0.4) is 0 Å². The molecular formula is C22H24N4O. The van der Waals surface area contributed by atoms with Crippen molar-refractivity contribution in [1.82, 2.24) is 20.5 Å². The molecule has 27 heavy (non-hydrogen) atoms. The summed E-state index contributed by atoms with van der Waals surface area (Å²) < 4.78 is 0. The highest BCUT2D eigenvalue weighted by atomic mass is 16.1. The van der Waals surface area contributed by atoms with Crippen molar-refractivity contribution in [3.63, 3.8) is 0 Å². The number of rotatable bonds is 3. The van der Waals surface area contributed by atoms with Crippen molar-refractivity contribution in [2.75, 3.05) is 0 Å². The van der Waals surface area contributed by atoms with E-state index in [1.165, 1.54) is 19.3 Å². The summed E-state index contributed by atoms with van der Waals surface area (Å²) in [6.45, 7) is 4.04. The Balaban J connectivity index is 1.61. The number of hydrogen-bond donors (Lipinski definition) is 2. The molecule has 2 bridgehead atoms. The lowest BCUT2D eigenvalue weighted by molar-refractivity contribution is 0.0924. The van der Waals surface area contributed by atoms with Crippen molar-refractivity contribution in [3.8, 4) is 11.3 Å². The number of hydrogen-bond acceptors (Lipinski definition) is 3. The molecule has 0 spiro atoms. The zero-order valence-electron chi connectivity index (χ0n) is 15.7. The van der Waals surface area contributed by atoms with Crippen molar-refractivity contribution in [2.45, 2.75) is 45.6 Å². The first kappa shape index (κ1) is 16.5. The number of amides is 1. The van der Waals surface area contributed by atoms with E-state index in [4.69, 9.17) is 4.98 Å². The molecule has 0 unspecified atom stereocenters. The maximum absolute atomic E-state index is 13.4. The Morgan fingerprint density at radius 2 is 2.11 bits per heavy atom. The molecular weight excluding hydrogens is 336 g/mol. The minimum absolute atomic E-state index is 0.0350. The largest absolute Gasteiger partial charge is 0.349 e. The number of aromatic nitrogens is 3. The molecule has 2 aromatic heterocycles. The van der Waals surface area contributed by atoms with Crippen LogP contribution in [0.5, 0.6) is 0 Å². The van der Waals surface area contributed by atoms with Crippen molar-refractivity contribution in [2.24, 2.45) is 11.8 Å². The Kier molecular flexibility index (Phi) is 3.78. The van der Waals surface area contributed by atoms with Gasteiger partial charge in [-0.25, -0.2) is 4.98 Å².